The van der Waals surface area contributed by atoms with Gasteiger partial charge in [-0.2, -0.15) is 0 Å². The molecule has 150 valence electrons. The minimum Gasteiger partial charge on any atom is -0.469 e. The molecule has 0 amide bonds. The van der Waals surface area contributed by atoms with E-state index in [1.807, 2.05) is 6.92 Å². The van der Waals surface area contributed by atoms with Crippen LogP contribution in [0, 0.1) is 22.7 Å². The van der Waals surface area contributed by atoms with Crippen LogP contribution in [0.5, 0.6) is 0 Å². The van der Waals surface area contributed by atoms with Gasteiger partial charge in [0.15, 0.2) is 0 Å². The first kappa shape index (κ1) is 20.1. The summed E-state index contributed by atoms with van der Waals surface area (Å²) >= 11 is 0. The maximum atomic E-state index is 12.7. The number of allylic oxidation sites excluding steroid dienone is 1. The van der Waals surface area contributed by atoms with E-state index in [1.165, 1.54) is 13.2 Å². The monoisotopic (exact) mass is 376 g/mol. The minimum atomic E-state index is -1.03. The number of carbonyl (C=O) groups excluding carboxylic acids is 2. The molecule has 1 aliphatic heterocycles. The summed E-state index contributed by atoms with van der Waals surface area (Å²) in [5.41, 5.74) is 1.35. The Morgan fingerprint density at radius 3 is 2.59 bits per heavy atom. The average molecular weight is 376 g/mol. The number of ether oxygens (including phenoxy) is 3. The van der Waals surface area contributed by atoms with Crippen LogP contribution in [0.2, 0.25) is 0 Å². The number of cyclic esters (lactones) is 1. The van der Waals surface area contributed by atoms with Crippen molar-refractivity contribution in [2.45, 2.75) is 65.1 Å². The average Bonchev–Trinajstić information content (AvgIpc) is 2.91. The summed E-state index contributed by atoms with van der Waals surface area (Å²) in [7, 11) is 3.06. The second kappa shape index (κ2) is 6.77. The Bertz CT molecular complexity index is 695. The molecule has 0 aromatic rings. The van der Waals surface area contributed by atoms with Crippen LogP contribution in [0.4, 0.5) is 0 Å². The van der Waals surface area contributed by atoms with Gasteiger partial charge < -0.3 is 14.2 Å². The summed E-state index contributed by atoms with van der Waals surface area (Å²) in [4.78, 5) is 24.6. The summed E-state index contributed by atoms with van der Waals surface area (Å²) < 4.78 is 16.5. The summed E-state index contributed by atoms with van der Waals surface area (Å²) in [6, 6.07) is 0. The van der Waals surface area contributed by atoms with E-state index in [9.17, 15) is 9.59 Å². The van der Waals surface area contributed by atoms with E-state index in [2.05, 4.69) is 20.4 Å². The fraction of sp³-hybridized carbons (Fsp3) is 0.727. The molecule has 0 bridgehead atoms. The van der Waals surface area contributed by atoms with Gasteiger partial charge in [-0.15, -0.1) is 0 Å². The molecule has 2 fully saturated rings. The Labute approximate surface area is 162 Å². The van der Waals surface area contributed by atoms with Crippen molar-refractivity contribution in [1.29, 1.82) is 0 Å². The molecule has 27 heavy (non-hydrogen) atoms. The number of hydrogen-bond acceptors (Lipinski definition) is 5. The zero-order chi connectivity index (χ0) is 20.0. The van der Waals surface area contributed by atoms with Crippen molar-refractivity contribution in [2.75, 3.05) is 14.2 Å². The molecule has 3 aliphatic rings. The van der Waals surface area contributed by atoms with Crippen molar-refractivity contribution in [3.63, 3.8) is 0 Å². The summed E-state index contributed by atoms with van der Waals surface area (Å²) in [5, 5.41) is 0. The lowest BCUT2D eigenvalue weighted by Gasteiger charge is -2.58. The zero-order valence-electron chi connectivity index (χ0n) is 17.2. The van der Waals surface area contributed by atoms with Gasteiger partial charge in [0, 0.05) is 25.2 Å². The minimum absolute atomic E-state index is 0.106. The van der Waals surface area contributed by atoms with Gasteiger partial charge in [0.25, 0.3) is 0 Å². The third-order valence-electron chi connectivity index (χ3n) is 7.67. The molecular weight excluding hydrogens is 344 g/mol. The molecule has 0 radical (unpaired) electrons. The van der Waals surface area contributed by atoms with E-state index in [4.69, 9.17) is 14.2 Å². The van der Waals surface area contributed by atoms with Crippen molar-refractivity contribution in [2.24, 2.45) is 22.7 Å². The van der Waals surface area contributed by atoms with Crippen LogP contribution < -0.4 is 0 Å². The first-order valence-corrected chi connectivity index (χ1v) is 9.86. The van der Waals surface area contributed by atoms with Gasteiger partial charge in [0.05, 0.1) is 12.5 Å². The van der Waals surface area contributed by atoms with Gasteiger partial charge in [-0.25, -0.2) is 4.79 Å². The summed E-state index contributed by atoms with van der Waals surface area (Å²) in [6.07, 6.45) is 6.69. The number of carbonyl (C=O) groups is 2. The van der Waals surface area contributed by atoms with Gasteiger partial charge in [-0.3, -0.25) is 4.79 Å². The molecule has 1 heterocycles. The highest BCUT2D eigenvalue weighted by atomic mass is 16.7. The fourth-order valence-electron chi connectivity index (χ4n) is 6.12. The van der Waals surface area contributed by atoms with Gasteiger partial charge in [-0.05, 0) is 56.8 Å². The third-order valence-corrected chi connectivity index (χ3v) is 7.67. The predicted octanol–water partition coefficient (Wildman–Crippen LogP) is 4.17. The van der Waals surface area contributed by atoms with E-state index < -0.39 is 11.2 Å². The second-order valence-corrected chi connectivity index (χ2v) is 8.98. The van der Waals surface area contributed by atoms with E-state index in [1.54, 1.807) is 7.11 Å². The maximum absolute atomic E-state index is 12.7. The molecule has 0 aromatic heterocycles. The Morgan fingerprint density at radius 1 is 1.33 bits per heavy atom. The molecule has 5 nitrogen and oxygen atoms in total. The Kier molecular flexibility index (Phi) is 5.04. The van der Waals surface area contributed by atoms with Gasteiger partial charge in [-0.1, -0.05) is 25.5 Å². The number of fused-ring (bicyclic) bond motifs is 1. The largest absolute Gasteiger partial charge is 0.469 e. The van der Waals surface area contributed by atoms with E-state index in [-0.39, 0.29) is 29.2 Å². The summed E-state index contributed by atoms with van der Waals surface area (Å²) in [6.45, 7) is 10.6. The lowest BCUT2D eigenvalue weighted by molar-refractivity contribution is -0.206. The van der Waals surface area contributed by atoms with Crippen molar-refractivity contribution >= 4 is 11.9 Å². The molecule has 3 rings (SSSR count). The van der Waals surface area contributed by atoms with Gasteiger partial charge >= 0.3 is 11.9 Å². The topological polar surface area (TPSA) is 61.8 Å². The van der Waals surface area contributed by atoms with Crippen LogP contribution in [-0.4, -0.2) is 31.9 Å². The fourth-order valence-corrected chi connectivity index (χ4v) is 6.12. The third kappa shape index (κ3) is 2.95. The highest BCUT2D eigenvalue weighted by Gasteiger charge is 2.59. The van der Waals surface area contributed by atoms with Crippen LogP contribution in [-0.2, 0) is 23.8 Å². The van der Waals surface area contributed by atoms with Crippen LogP contribution in [0.3, 0.4) is 0 Å². The zero-order valence-corrected chi connectivity index (χ0v) is 17.2. The van der Waals surface area contributed by atoms with Crippen LogP contribution in [0.1, 0.15) is 59.3 Å². The number of methoxy groups -OCH3 is 2. The molecule has 2 aliphatic carbocycles. The molecule has 0 aromatic carbocycles. The van der Waals surface area contributed by atoms with Crippen molar-refractivity contribution in [3.8, 4) is 0 Å². The molecule has 1 unspecified atom stereocenters. The van der Waals surface area contributed by atoms with Crippen LogP contribution in [0.15, 0.2) is 23.8 Å². The molecule has 5 atom stereocenters. The lowest BCUT2D eigenvalue weighted by Crippen LogP contribution is -2.55. The first-order chi connectivity index (χ1) is 12.6. The highest BCUT2D eigenvalue weighted by molar-refractivity contribution is 5.86. The van der Waals surface area contributed by atoms with Crippen molar-refractivity contribution < 1.29 is 23.8 Å². The molecule has 2 saturated carbocycles. The van der Waals surface area contributed by atoms with E-state index >= 15 is 0 Å². The normalized spacial score (nSPS) is 41.6. The quantitative estimate of drug-likeness (QED) is 0.544. The van der Waals surface area contributed by atoms with Crippen molar-refractivity contribution in [1.82, 2.24) is 0 Å². The highest BCUT2D eigenvalue weighted by Crippen LogP contribution is 2.63. The summed E-state index contributed by atoms with van der Waals surface area (Å²) in [5.74, 6) is -1.20. The smallest absolute Gasteiger partial charge is 0.333 e. The van der Waals surface area contributed by atoms with Crippen LogP contribution >= 0.6 is 0 Å². The molecular formula is C22H32O5. The maximum Gasteiger partial charge on any atom is 0.333 e. The van der Waals surface area contributed by atoms with Gasteiger partial charge in [0.1, 0.15) is 0 Å². The molecule has 5 heteroatoms. The standard InChI is InChI=1S/C22H32O5/c1-14-8-9-17-20(3,10-7-11-21(17,4)19(24)25-5)16(14)13-22(26-6)15(2)12-18(23)27-22/h12,16-17H,1,7-11,13H2,2-6H3/t16-,17+,20+,21-,22?/m0/s1. The predicted molar refractivity (Wildman–Crippen MR) is 102 cm³/mol. The van der Waals surface area contributed by atoms with Crippen molar-refractivity contribution in [3.05, 3.63) is 23.8 Å². The Balaban J connectivity index is 1.98. The van der Waals surface area contributed by atoms with Crippen LogP contribution in [0.25, 0.3) is 0 Å². The second-order valence-electron chi connectivity index (χ2n) is 8.98. The number of rotatable bonds is 4. The molecule has 0 N–H and O–H groups in total. The molecule has 0 saturated heterocycles. The van der Waals surface area contributed by atoms with E-state index in [0.29, 0.717) is 6.42 Å². The molecule has 0 spiro atoms. The SMILES string of the molecule is C=C1CC[C@@H]2[C@](C)(CCC[C@]2(C)C(=O)OC)[C@H]1CC1(OC)OC(=O)C=C1C. The Hall–Kier alpha value is -1.62. The lowest BCUT2D eigenvalue weighted by atomic mass is 9.46. The number of hydrogen-bond donors (Lipinski definition) is 0. The Morgan fingerprint density at radius 2 is 2.04 bits per heavy atom. The van der Waals surface area contributed by atoms with E-state index in [0.717, 1.165) is 43.3 Å². The number of esters is 2. The van der Waals surface area contributed by atoms with Gasteiger partial charge in [0.2, 0.25) is 5.79 Å². The first-order valence-electron chi connectivity index (χ1n) is 9.86.